The van der Waals surface area contributed by atoms with Gasteiger partial charge in [-0.1, -0.05) is 18.2 Å². The lowest BCUT2D eigenvalue weighted by Crippen LogP contribution is -2.36. The highest BCUT2D eigenvalue weighted by atomic mass is 16.5. The van der Waals surface area contributed by atoms with E-state index in [-0.39, 0.29) is 29.7 Å². The number of anilines is 4. The summed E-state index contributed by atoms with van der Waals surface area (Å²) < 4.78 is 5.39. The normalized spacial score (nSPS) is 14.9. The lowest BCUT2D eigenvalue weighted by Gasteiger charge is -2.23. The van der Waals surface area contributed by atoms with Crippen LogP contribution in [0.5, 0.6) is 5.75 Å². The molecular formula is C22H21N5O4. The predicted octanol–water partition coefficient (Wildman–Crippen LogP) is 2.98. The fourth-order valence-electron chi connectivity index (χ4n) is 3.34. The first kappa shape index (κ1) is 20.1. The van der Waals surface area contributed by atoms with Gasteiger partial charge < -0.3 is 20.7 Å². The zero-order valence-corrected chi connectivity index (χ0v) is 16.8. The van der Waals surface area contributed by atoms with Crippen molar-refractivity contribution in [2.45, 2.75) is 19.3 Å². The van der Waals surface area contributed by atoms with Gasteiger partial charge in [-0.15, -0.1) is 0 Å². The van der Waals surface area contributed by atoms with Crippen molar-refractivity contribution in [1.82, 2.24) is 9.97 Å². The van der Waals surface area contributed by atoms with Crippen molar-refractivity contribution < 1.29 is 14.3 Å². The maximum absolute atomic E-state index is 12.9. The van der Waals surface area contributed by atoms with E-state index in [4.69, 9.17) is 4.74 Å². The van der Waals surface area contributed by atoms with Crippen molar-refractivity contribution in [3.8, 4) is 5.75 Å². The number of rotatable bonds is 6. The molecule has 158 valence electrons. The van der Waals surface area contributed by atoms with E-state index < -0.39 is 17.4 Å². The van der Waals surface area contributed by atoms with Crippen LogP contribution in [-0.4, -0.2) is 28.4 Å². The van der Waals surface area contributed by atoms with Gasteiger partial charge in [-0.05, 0) is 43.3 Å². The van der Waals surface area contributed by atoms with E-state index in [1.807, 2.05) is 37.3 Å². The highest BCUT2D eigenvalue weighted by Crippen LogP contribution is 2.30. The molecule has 2 aromatic carbocycles. The second kappa shape index (κ2) is 8.70. The summed E-state index contributed by atoms with van der Waals surface area (Å²) in [6.07, 6.45) is -0.147. The molecule has 0 saturated heterocycles. The molecule has 0 bridgehead atoms. The minimum atomic E-state index is -0.961. The largest absolute Gasteiger partial charge is 0.494 e. The van der Waals surface area contributed by atoms with Gasteiger partial charge in [0.15, 0.2) is 0 Å². The van der Waals surface area contributed by atoms with Gasteiger partial charge in [0, 0.05) is 17.8 Å². The summed E-state index contributed by atoms with van der Waals surface area (Å²) in [4.78, 5) is 44.8. The van der Waals surface area contributed by atoms with Crippen LogP contribution in [0.4, 0.5) is 23.1 Å². The molecule has 0 unspecified atom stereocenters. The van der Waals surface area contributed by atoms with Crippen LogP contribution in [0.3, 0.4) is 0 Å². The number of amides is 2. The number of ether oxygens (including phenoxy) is 1. The van der Waals surface area contributed by atoms with Gasteiger partial charge in [0.25, 0.3) is 5.56 Å². The molecule has 0 aliphatic carbocycles. The molecule has 4 N–H and O–H groups in total. The Morgan fingerprint density at radius 3 is 2.55 bits per heavy atom. The molecule has 1 aromatic heterocycles. The van der Waals surface area contributed by atoms with Crippen LogP contribution in [0.25, 0.3) is 0 Å². The molecule has 1 aliphatic heterocycles. The SMILES string of the molecule is CCOc1ccc(NC(=O)[C@H]2CC(=O)Nc3nc(Nc4ccccc4)[nH]c(=O)c32)cc1. The first-order valence-corrected chi connectivity index (χ1v) is 9.83. The third-order valence-electron chi connectivity index (χ3n) is 4.74. The van der Waals surface area contributed by atoms with Crippen molar-refractivity contribution >= 4 is 35.0 Å². The molecule has 0 radical (unpaired) electrons. The van der Waals surface area contributed by atoms with E-state index in [2.05, 4.69) is 25.9 Å². The number of nitrogens with one attached hydrogen (secondary N) is 4. The number of carbonyl (C=O) groups is 2. The molecule has 3 aromatic rings. The summed E-state index contributed by atoms with van der Waals surface area (Å²) in [7, 11) is 0. The Bertz CT molecular complexity index is 1160. The minimum Gasteiger partial charge on any atom is -0.494 e. The van der Waals surface area contributed by atoms with Gasteiger partial charge in [-0.25, -0.2) is 0 Å². The first-order chi connectivity index (χ1) is 15.0. The minimum absolute atomic E-state index is 0.0743. The lowest BCUT2D eigenvalue weighted by molar-refractivity contribution is -0.123. The van der Waals surface area contributed by atoms with E-state index in [0.717, 1.165) is 5.69 Å². The van der Waals surface area contributed by atoms with Gasteiger partial charge in [0.2, 0.25) is 17.8 Å². The molecule has 9 heteroatoms. The first-order valence-electron chi connectivity index (χ1n) is 9.83. The molecule has 1 aliphatic rings. The van der Waals surface area contributed by atoms with Gasteiger partial charge in [0.1, 0.15) is 11.6 Å². The van der Waals surface area contributed by atoms with Gasteiger partial charge in [0.05, 0.1) is 18.1 Å². The number of aromatic nitrogens is 2. The molecule has 4 rings (SSSR count). The molecule has 2 amide bonds. The smallest absolute Gasteiger partial charge is 0.258 e. The Hall–Kier alpha value is -4.14. The van der Waals surface area contributed by atoms with Gasteiger partial charge in [-0.2, -0.15) is 4.98 Å². The standard InChI is InChI=1S/C22H21N5O4/c1-2-31-15-10-8-14(9-11-15)23-20(29)16-12-17(28)25-19-18(16)21(30)27-22(26-19)24-13-6-4-3-5-7-13/h3-11,16H,2,12H2,1H3,(H,23,29)(H3,24,25,26,27,28,30)/t16-/m0/s1. The zero-order valence-electron chi connectivity index (χ0n) is 16.8. The number of nitrogens with zero attached hydrogens (tertiary/aromatic N) is 1. The van der Waals surface area contributed by atoms with Crippen LogP contribution in [-0.2, 0) is 9.59 Å². The second-order valence-corrected chi connectivity index (χ2v) is 6.92. The number of carbonyl (C=O) groups excluding carboxylic acids is 2. The van der Waals surface area contributed by atoms with Crippen LogP contribution in [0.1, 0.15) is 24.8 Å². The Balaban J connectivity index is 1.58. The van der Waals surface area contributed by atoms with E-state index >= 15 is 0 Å². The highest BCUT2D eigenvalue weighted by molar-refractivity contribution is 6.04. The molecule has 2 heterocycles. The van der Waals surface area contributed by atoms with Crippen LogP contribution >= 0.6 is 0 Å². The summed E-state index contributed by atoms with van der Waals surface area (Å²) in [5.41, 5.74) is 0.891. The Kier molecular flexibility index (Phi) is 5.65. The molecule has 9 nitrogen and oxygen atoms in total. The monoisotopic (exact) mass is 419 g/mol. The van der Waals surface area contributed by atoms with Crippen molar-refractivity contribution in [2.75, 3.05) is 22.6 Å². The maximum Gasteiger partial charge on any atom is 0.258 e. The molecular weight excluding hydrogens is 398 g/mol. The number of aromatic amines is 1. The van der Waals surface area contributed by atoms with Crippen LogP contribution in [0, 0.1) is 0 Å². The quantitative estimate of drug-likeness (QED) is 0.487. The Morgan fingerprint density at radius 1 is 1.10 bits per heavy atom. The fraction of sp³-hybridized carbons (Fsp3) is 0.182. The van der Waals surface area contributed by atoms with E-state index in [1.54, 1.807) is 24.3 Å². The van der Waals surface area contributed by atoms with Gasteiger partial charge >= 0.3 is 0 Å². The number of fused-ring (bicyclic) bond motifs is 1. The lowest BCUT2D eigenvalue weighted by atomic mass is 9.92. The summed E-state index contributed by atoms with van der Waals surface area (Å²) in [6, 6.07) is 16.0. The molecule has 1 atom stereocenters. The number of para-hydroxylation sites is 1. The summed E-state index contributed by atoms with van der Waals surface area (Å²) in [5, 5.41) is 8.32. The third kappa shape index (κ3) is 4.55. The summed E-state index contributed by atoms with van der Waals surface area (Å²) in [5.74, 6) is -0.883. The predicted molar refractivity (Wildman–Crippen MR) is 117 cm³/mol. The van der Waals surface area contributed by atoms with E-state index in [1.165, 1.54) is 0 Å². The van der Waals surface area contributed by atoms with E-state index in [0.29, 0.717) is 18.0 Å². The van der Waals surface area contributed by atoms with Gasteiger partial charge in [-0.3, -0.25) is 19.4 Å². The molecule has 0 fully saturated rings. The molecule has 0 saturated carbocycles. The number of hydrogen-bond donors (Lipinski definition) is 4. The van der Waals surface area contributed by atoms with Crippen LogP contribution in [0.15, 0.2) is 59.4 Å². The van der Waals surface area contributed by atoms with Crippen LogP contribution < -0.4 is 26.2 Å². The maximum atomic E-state index is 12.9. The number of H-pyrrole nitrogens is 1. The Morgan fingerprint density at radius 2 is 1.84 bits per heavy atom. The van der Waals surface area contributed by atoms with Crippen molar-refractivity contribution in [3.63, 3.8) is 0 Å². The average Bonchev–Trinajstić information content (AvgIpc) is 2.75. The molecule has 31 heavy (non-hydrogen) atoms. The summed E-state index contributed by atoms with van der Waals surface area (Å²) >= 11 is 0. The Labute approximate surface area is 177 Å². The number of benzene rings is 2. The average molecular weight is 419 g/mol. The number of hydrogen-bond acceptors (Lipinski definition) is 6. The zero-order chi connectivity index (χ0) is 21.8. The second-order valence-electron chi connectivity index (χ2n) is 6.92. The highest BCUT2D eigenvalue weighted by Gasteiger charge is 2.34. The molecule has 0 spiro atoms. The van der Waals surface area contributed by atoms with Crippen molar-refractivity contribution in [1.29, 1.82) is 0 Å². The van der Waals surface area contributed by atoms with Crippen molar-refractivity contribution in [2.24, 2.45) is 0 Å². The van der Waals surface area contributed by atoms with Crippen LogP contribution in [0.2, 0.25) is 0 Å². The summed E-state index contributed by atoms with van der Waals surface area (Å²) in [6.45, 7) is 2.42. The fourth-order valence-corrected chi connectivity index (χ4v) is 3.34. The third-order valence-corrected chi connectivity index (χ3v) is 4.74. The van der Waals surface area contributed by atoms with E-state index in [9.17, 15) is 14.4 Å². The topological polar surface area (TPSA) is 125 Å². The van der Waals surface area contributed by atoms with Crippen molar-refractivity contribution in [3.05, 3.63) is 70.5 Å².